The van der Waals surface area contributed by atoms with Crippen molar-refractivity contribution >= 4 is 35.0 Å². The van der Waals surface area contributed by atoms with Gasteiger partial charge in [-0.2, -0.15) is 4.98 Å². The molecule has 0 saturated heterocycles. The molecular formula is C24H32ClN5O4. The summed E-state index contributed by atoms with van der Waals surface area (Å²) >= 11 is 6.22. The molecule has 3 rings (SSSR count). The van der Waals surface area contributed by atoms with Gasteiger partial charge in [-0.1, -0.05) is 49.4 Å². The van der Waals surface area contributed by atoms with Crippen molar-refractivity contribution in [2.24, 2.45) is 0 Å². The Hall–Kier alpha value is -2.94. The quantitative estimate of drug-likeness (QED) is 0.455. The summed E-state index contributed by atoms with van der Waals surface area (Å²) in [6.07, 6.45) is 6.93. The van der Waals surface area contributed by atoms with Crippen LogP contribution in [0.25, 0.3) is 0 Å². The van der Waals surface area contributed by atoms with E-state index in [1.807, 2.05) is 6.92 Å². The predicted octanol–water partition coefficient (Wildman–Crippen LogP) is 4.12. The van der Waals surface area contributed by atoms with Gasteiger partial charge in [0.25, 0.3) is 5.91 Å². The van der Waals surface area contributed by atoms with E-state index in [2.05, 4.69) is 26.1 Å². The topological polar surface area (TPSA) is 126 Å². The van der Waals surface area contributed by atoms with Crippen LogP contribution in [0.15, 0.2) is 22.7 Å². The van der Waals surface area contributed by atoms with E-state index in [9.17, 15) is 14.4 Å². The predicted molar refractivity (Wildman–Crippen MR) is 129 cm³/mol. The first kappa shape index (κ1) is 25.7. The zero-order chi connectivity index (χ0) is 24.6. The Balaban J connectivity index is 1.59. The third-order valence-electron chi connectivity index (χ3n) is 5.87. The highest BCUT2D eigenvalue weighted by molar-refractivity contribution is 6.34. The van der Waals surface area contributed by atoms with Crippen molar-refractivity contribution in [1.29, 1.82) is 0 Å². The molecule has 1 aromatic carbocycles. The largest absolute Gasteiger partial charge is 0.352 e. The lowest BCUT2D eigenvalue weighted by Crippen LogP contribution is -2.45. The number of carbonyl (C=O) groups excluding carboxylic acids is 3. The number of amides is 3. The van der Waals surface area contributed by atoms with Gasteiger partial charge < -0.3 is 20.5 Å². The van der Waals surface area contributed by atoms with E-state index in [4.69, 9.17) is 16.1 Å². The second-order valence-electron chi connectivity index (χ2n) is 8.69. The summed E-state index contributed by atoms with van der Waals surface area (Å²) in [5.41, 5.74) is 0.239. The van der Waals surface area contributed by atoms with Crippen molar-refractivity contribution in [3.05, 3.63) is 40.5 Å². The highest BCUT2D eigenvalue weighted by Gasteiger charge is 2.38. The number of hydrogen-bond donors (Lipinski definition) is 3. The number of nitrogens with zero attached hydrogens (tertiary/aromatic N) is 2. The monoisotopic (exact) mass is 489 g/mol. The summed E-state index contributed by atoms with van der Waals surface area (Å²) in [5.74, 6) is 0.205. The van der Waals surface area contributed by atoms with Gasteiger partial charge in [0.2, 0.25) is 17.7 Å². The third kappa shape index (κ3) is 6.79. The molecule has 0 aliphatic heterocycles. The summed E-state index contributed by atoms with van der Waals surface area (Å²) in [6.45, 7) is 4.03. The minimum atomic E-state index is -0.617. The van der Waals surface area contributed by atoms with Gasteiger partial charge >= 0.3 is 0 Å². The fourth-order valence-corrected chi connectivity index (χ4v) is 4.45. The van der Waals surface area contributed by atoms with Crippen LogP contribution in [0.5, 0.6) is 0 Å². The van der Waals surface area contributed by atoms with Crippen LogP contribution in [0.1, 0.15) is 87.3 Å². The van der Waals surface area contributed by atoms with Crippen molar-refractivity contribution in [2.45, 2.75) is 77.2 Å². The van der Waals surface area contributed by atoms with Crippen LogP contribution < -0.4 is 16.0 Å². The van der Waals surface area contributed by atoms with Crippen LogP contribution in [0.4, 0.5) is 5.69 Å². The second-order valence-corrected chi connectivity index (χ2v) is 9.10. The Morgan fingerprint density at radius 2 is 1.88 bits per heavy atom. The van der Waals surface area contributed by atoms with Crippen LogP contribution in [-0.4, -0.2) is 34.4 Å². The fraction of sp³-hybridized carbons (Fsp3) is 0.542. The molecule has 0 spiro atoms. The number of hydrogen-bond acceptors (Lipinski definition) is 6. The van der Waals surface area contributed by atoms with Gasteiger partial charge in [-0.25, -0.2) is 0 Å². The molecule has 3 N–H and O–H groups in total. The molecule has 34 heavy (non-hydrogen) atoms. The zero-order valence-electron chi connectivity index (χ0n) is 19.7. The molecule has 2 aromatic rings. The van der Waals surface area contributed by atoms with Gasteiger partial charge in [0.05, 0.1) is 10.6 Å². The first-order valence-corrected chi connectivity index (χ1v) is 12.2. The van der Waals surface area contributed by atoms with Gasteiger partial charge in [-0.3, -0.25) is 14.4 Å². The summed E-state index contributed by atoms with van der Waals surface area (Å²) in [6, 6.07) is 4.77. The van der Waals surface area contributed by atoms with Gasteiger partial charge in [-0.05, 0) is 37.5 Å². The van der Waals surface area contributed by atoms with Crippen molar-refractivity contribution in [3.8, 4) is 0 Å². The molecule has 1 heterocycles. The number of rotatable bonds is 9. The molecule has 1 aliphatic rings. The minimum absolute atomic E-state index is 0.125. The Morgan fingerprint density at radius 3 is 2.53 bits per heavy atom. The van der Waals surface area contributed by atoms with Crippen molar-refractivity contribution in [3.63, 3.8) is 0 Å². The highest BCUT2D eigenvalue weighted by atomic mass is 35.5. The Kier molecular flexibility index (Phi) is 9.04. The lowest BCUT2D eigenvalue weighted by Gasteiger charge is -2.30. The summed E-state index contributed by atoms with van der Waals surface area (Å²) in [5, 5.41) is 13.0. The highest BCUT2D eigenvalue weighted by Crippen LogP contribution is 2.34. The van der Waals surface area contributed by atoms with Crippen LogP contribution in [0.3, 0.4) is 0 Å². The van der Waals surface area contributed by atoms with E-state index in [0.717, 1.165) is 44.9 Å². The molecule has 0 bridgehead atoms. The molecule has 1 aromatic heterocycles. The summed E-state index contributed by atoms with van der Waals surface area (Å²) in [4.78, 5) is 40.9. The second kappa shape index (κ2) is 12.0. The molecule has 9 nitrogen and oxygen atoms in total. The fourth-order valence-electron chi connectivity index (χ4n) is 4.18. The molecule has 10 heteroatoms. The first-order chi connectivity index (χ1) is 16.3. The molecule has 1 saturated carbocycles. The van der Waals surface area contributed by atoms with Crippen LogP contribution >= 0.6 is 11.6 Å². The standard InChI is InChI=1S/C24H32ClN5O4/c1-3-14-26-22(33)18-9-8-17(15-19(18)25)27-20(32)10-11-21-28-23(30-34-21)24(29-16(2)31)12-6-4-5-7-13-24/h8-9,15H,3-7,10-14H2,1-2H3,(H,26,33)(H,27,32)(H,29,31). The third-order valence-corrected chi connectivity index (χ3v) is 6.18. The van der Waals surface area contributed by atoms with Gasteiger partial charge in [0.1, 0.15) is 5.54 Å². The zero-order valence-corrected chi connectivity index (χ0v) is 20.5. The van der Waals surface area contributed by atoms with E-state index in [-0.39, 0.29) is 35.6 Å². The molecular weight excluding hydrogens is 458 g/mol. The number of aryl methyl sites for hydroxylation is 1. The van der Waals surface area contributed by atoms with Gasteiger partial charge in [-0.15, -0.1) is 0 Å². The molecule has 0 radical (unpaired) electrons. The smallest absolute Gasteiger partial charge is 0.252 e. The Labute approximate surface area is 204 Å². The Bertz CT molecular complexity index is 1010. The van der Waals surface area contributed by atoms with Crippen molar-refractivity contribution in [2.75, 3.05) is 11.9 Å². The number of halogens is 1. The number of aromatic nitrogens is 2. The number of anilines is 1. The maximum atomic E-state index is 12.4. The van der Waals surface area contributed by atoms with E-state index in [1.54, 1.807) is 18.2 Å². The maximum absolute atomic E-state index is 12.4. The lowest BCUT2D eigenvalue weighted by atomic mass is 9.89. The number of nitrogens with one attached hydrogen (secondary N) is 3. The molecule has 1 aliphatic carbocycles. The van der Waals surface area contributed by atoms with Crippen molar-refractivity contribution < 1.29 is 18.9 Å². The molecule has 0 atom stereocenters. The SMILES string of the molecule is CCCNC(=O)c1ccc(NC(=O)CCc2nc(C3(NC(C)=O)CCCCCC3)no2)cc1Cl. The van der Waals surface area contributed by atoms with Gasteiger partial charge in [0.15, 0.2) is 5.82 Å². The van der Waals surface area contributed by atoms with E-state index < -0.39 is 5.54 Å². The average molecular weight is 490 g/mol. The average Bonchev–Trinajstić information content (AvgIpc) is 3.16. The number of benzene rings is 1. The minimum Gasteiger partial charge on any atom is -0.352 e. The normalized spacial score (nSPS) is 15.3. The van der Waals surface area contributed by atoms with Crippen LogP contribution in [-0.2, 0) is 21.5 Å². The number of carbonyl (C=O) groups is 3. The Morgan fingerprint density at radius 1 is 1.15 bits per heavy atom. The summed E-state index contributed by atoms with van der Waals surface area (Å²) < 4.78 is 5.40. The maximum Gasteiger partial charge on any atom is 0.252 e. The first-order valence-electron chi connectivity index (χ1n) is 11.8. The van der Waals surface area contributed by atoms with Crippen LogP contribution in [0.2, 0.25) is 5.02 Å². The molecule has 3 amide bonds. The van der Waals surface area contributed by atoms with E-state index in [0.29, 0.717) is 29.5 Å². The lowest BCUT2D eigenvalue weighted by molar-refractivity contribution is -0.121. The molecule has 1 fully saturated rings. The van der Waals surface area contributed by atoms with Crippen LogP contribution in [0, 0.1) is 0 Å². The van der Waals surface area contributed by atoms with E-state index in [1.165, 1.54) is 6.92 Å². The van der Waals surface area contributed by atoms with Gasteiger partial charge in [0, 0.05) is 32.0 Å². The van der Waals surface area contributed by atoms with E-state index >= 15 is 0 Å². The van der Waals surface area contributed by atoms with Crippen molar-refractivity contribution in [1.82, 2.24) is 20.8 Å². The molecule has 184 valence electrons. The summed E-state index contributed by atoms with van der Waals surface area (Å²) in [7, 11) is 0. The molecule has 0 unspecified atom stereocenters.